The van der Waals surface area contributed by atoms with Crippen molar-refractivity contribution in [1.29, 1.82) is 0 Å². The third-order valence-corrected chi connectivity index (χ3v) is 11.8. The van der Waals surface area contributed by atoms with Crippen molar-refractivity contribution in [3.63, 3.8) is 0 Å². The number of likely N-dealkylation sites (tertiary alicyclic amines) is 1. The number of carbonyl (C=O) groups is 1. The van der Waals surface area contributed by atoms with Crippen molar-refractivity contribution in [1.82, 2.24) is 19.9 Å². The van der Waals surface area contributed by atoms with E-state index in [0.717, 1.165) is 110 Å². The van der Waals surface area contributed by atoms with E-state index in [4.69, 9.17) is 19.1 Å². The van der Waals surface area contributed by atoms with Crippen molar-refractivity contribution >= 4 is 45.4 Å². The molecule has 3 aliphatic rings. The summed E-state index contributed by atoms with van der Waals surface area (Å²) in [7, 11) is 2.17. The van der Waals surface area contributed by atoms with Gasteiger partial charge in [-0.3, -0.25) is 0 Å². The maximum atomic E-state index is 13.2. The van der Waals surface area contributed by atoms with E-state index in [2.05, 4.69) is 64.1 Å². The molecule has 8 rings (SSSR count). The lowest BCUT2D eigenvalue weighted by Gasteiger charge is -2.41. The number of carboxylic acids is 1. The number of aliphatic carboxylic acids is 1. The summed E-state index contributed by atoms with van der Waals surface area (Å²) < 4.78 is 12.7. The van der Waals surface area contributed by atoms with Crippen molar-refractivity contribution < 1.29 is 19.1 Å². The largest absolute Gasteiger partial charge is 0.479 e. The molecule has 0 amide bonds. The Morgan fingerprint density at radius 1 is 1.00 bits per heavy atom. The van der Waals surface area contributed by atoms with Crippen LogP contribution in [0.15, 0.2) is 53.2 Å². The number of nitrogens with one attached hydrogen (secondary N) is 1. The number of rotatable bonds is 8. The average molecular weight is 746 g/mol. The van der Waals surface area contributed by atoms with Crippen molar-refractivity contribution in [3.8, 4) is 11.1 Å². The van der Waals surface area contributed by atoms with Gasteiger partial charge in [-0.15, -0.1) is 0 Å². The molecule has 2 aromatic carbocycles. The molecule has 0 unspecified atom stereocenters. The molecule has 0 bridgehead atoms. The Bertz CT molecular complexity index is 2220. The fourth-order valence-corrected chi connectivity index (χ4v) is 8.62. The van der Waals surface area contributed by atoms with Gasteiger partial charge in [0.05, 0.1) is 11.3 Å². The van der Waals surface area contributed by atoms with Gasteiger partial charge in [-0.05, 0) is 114 Å². The number of anilines is 3. The van der Waals surface area contributed by atoms with Crippen LogP contribution < -0.4 is 15.1 Å². The van der Waals surface area contributed by atoms with Gasteiger partial charge in [0.2, 0.25) is 0 Å². The Morgan fingerprint density at radius 2 is 1.75 bits per heavy atom. The standard InChI is InChI=1S/C44H55N7O4/c1-27-34(38(42(52)53)55-43(2,3)4)37(50-22-17-44(5,6)18-23-50)35(40(47-27)48-31-15-19-49(7)20-16-31)29-12-13-30-25-51(21-14-28(30)24-29)41-39-36(45-26-46-41)32-10-8-9-11-33(32)54-39/h8-13,24,26,31,38H,14-23,25H2,1-7H3,(H,47,48)(H,52,53)/t38-/m0/s1. The molecule has 5 aromatic rings. The molecule has 0 spiro atoms. The predicted octanol–water partition coefficient (Wildman–Crippen LogP) is 8.38. The molecule has 0 saturated carbocycles. The molecule has 6 heterocycles. The minimum absolute atomic E-state index is 0.206. The van der Waals surface area contributed by atoms with Gasteiger partial charge in [0.15, 0.2) is 17.5 Å². The fourth-order valence-electron chi connectivity index (χ4n) is 8.62. The first kappa shape index (κ1) is 37.2. The highest BCUT2D eigenvalue weighted by atomic mass is 16.5. The molecule has 2 N–H and O–H groups in total. The van der Waals surface area contributed by atoms with Crippen LogP contribution in [-0.2, 0) is 22.5 Å². The van der Waals surface area contributed by atoms with Gasteiger partial charge in [-0.1, -0.05) is 44.2 Å². The summed E-state index contributed by atoms with van der Waals surface area (Å²) in [6.45, 7) is 17.5. The number of carboxylic acid groups (broad SMARTS) is 1. The quantitative estimate of drug-likeness (QED) is 0.159. The molecule has 2 saturated heterocycles. The number of nitrogens with zero attached hydrogens (tertiary/aromatic N) is 6. The van der Waals surface area contributed by atoms with Crippen LogP contribution in [0, 0.1) is 12.3 Å². The number of furan rings is 1. The Morgan fingerprint density at radius 3 is 2.47 bits per heavy atom. The van der Waals surface area contributed by atoms with Gasteiger partial charge in [0.25, 0.3) is 0 Å². The second-order valence-electron chi connectivity index (χ2n) is 17.6. The summed E-state index contributed by atoms with van der Waals surface area (Å²) >= 11 is 0. The number of pyridine rings is 1. The van der Waals surface area contributed by atoms with E-state index in [1.165, 1.54) is 11.1 Å². The van der Waals surface area contributed by atoms with Gasteiger partial charge in [0.1, 0.15) is 23.2 Å². The zero-order valence-corrected chi connectivity index (χ0v) is 33.4. The van der Waals surface area contributed by atoms with E-state index in [1.54, 1.807) is 6.33 Å². The molecule has 11 heteroatoms. The number of hydrogen-bond donors (Lipinski definition) is 2. The summed E-state index contributed by atoms with van der Waals surface area (Å²) in [4.78, 5) is 34.9. The normalized spacial score (nSPS) is 18.8. The average Bonchev–Trinajstić information content (AvgIpc) is 3.53. The molecular weight excluding hydrogens is 691 g/mol. The summed E-state index contributed by atoms with van der Waals surface area (Å²) in [5, 5.41) is 15.7. The van der Waals surface area contributed by atoms with Gasteiger partial charge in [-0.25, -0.2) is 19.7 Å². The third kappa shape index (κ3) is 7.48. The molecule has 11 nitrogen and oxygen atoms in total. The Hall–Kier alpha value is -4.74. The summed E-state index contributed by atoms with van der Waals surface area (Å²) in [5.74, 6) is 0.622. The highest BCUT2D eigenvalue weighted by Crippen LogP contribution is 2.47. The lowest BCUT2D eigenvalue weighted by Crippen LogP contribution is -2.40. The number of aryl methyl sites for hydroxylation is 1. The van der Waals surface area contributed by atoms with Crippen molar-refractivity contribution in [3.05, 3.63) is 71.2 Å². The summed E-state index contributed by atoms with van der Waals surface area (Å²) in [6, 6.07) is 15.0. The second-order valence-corrected chi connectivity index (χ2v) is 17.6. The third-order valence-electron chi connectivity index (χ3n) is 11.8. The van der Waals surface area contributed by atoms with E-state index >= 15 is 0 Å². The highest BCUT2D eigenvalue weighted by Gasteiger charge is 2.38. The number of para-hydroxylation sites is 1. The topological polar surface area (TPSA) is 120 Å². The zero-order valence-electron chi connectivity index (χ0n) is 33.4. The smallest absolute Gasteiger partial charge is 0.337 e. The Labute approximate surface area is 324 Å². The summed E-state index contributed by atoms with van der Waals surface area (Å²) in [5.41, 5.74) is 8.64. The SMILES string of the molecule is Cc1nc(NC2CCN(C)CC2)c(-c2ccc3c(c2)CCN(c2ncnc4c2oc2ccccc24)C3)c(N2CCC(C)(C)CC2)c1[C@H](OC(C)(C)C)C(=O)O. The minimum Gasteiger partial charge on any atom is -0.479 e. The van der Waals surface area contributed by atoms with Crippen LogP contribution in [0.25, 0.3) is 33.2 Å². The molecule has 55 heavy (non-hydrogen) atoms. The van der Waals surface area contributed by atoms with Crippen LogP contribution in [0.5, 0.6) is 0 Å². The maximum absolute atomic E-state index is 13.2. The first-order valence-corrected chi connectivity index (χ1v) is 19.9. The van der Waals surface area contributed by atoms with Crippen LogP contribution in [-0.4, -0.2) is 82.3 Å². The van der Waals surface area contributed by atoms with Crippen LogP contribution in [0.2, 0.25) is 0 Å². The maximum Gasteiger partial charge on any atom is 0.337 e. The van der Waals surface area contributed by atoms with Gasteiger partial charge in [-0.2, -0.15) is 0 Å². The molecule has 0 radical (unpaired) electrons. The van der Waals surface area contributed by atoms with E-state index in [0.29, 0.717) is 23.4 Å². The minimum atomic E-state index is -1.18. The lowest BCUT2D eigenvalue weighted by molar-refractivity contribution is -0.160. The molecule has 3 aromatic heterocycles. The first-order valence-electron chi connectivity index (χ1n) is 19.9. The Kier molecular flexibility index (Phi) is 9.74. The summed E-state index contributed by atoms with van der Waals surface area (Å²) in [6.07, 6.45) is 5.31. The fraction of sp³-hybridized carbons (Fsp3) is 0.500. The molecule has 3 aliphatic heterocycles. The second kappa shape index (κ2) is 14.4. The molecule has 1 atom stereocenters. The van der Waals surface area contributed by atoms with Crippen LogP contribution in [0.3, 0.4) is 0 Å². The number of hydrogen-bond acceptors (Lipinski definition) is 10. The molecule has 2 fully saturated rings. The van der Waals surface area contributed by atoms with Gasteiger partial charge >= 0.3 is 5.97 Å². The highest BCUT2D eigenvalue weighted by molar-refractivity contribution is 6.05. The van der Waals surface area contributed by atoms with E-state index in [-0.39, 0.29) is 11.5 Å². The molecule has 290 valence electrons. The predicted molar refractivity (Wildman–Crippen MR) is 219 cm³/mol. The van der Waals surface area contributed by atoms with Gasteiger partial charge < -0.3 is 34.3 Å². The number of piperidine rings is 2. The van der Waals surface area contributed by atoms with Crippen molar-refractivity contribution in [2.45, 2.75) is 97.9 Å². The van der Waals surface area contributed by atoms with E-state index in [1.807, 2.05) is 52.0 Å². The van der Waals surface area contributed by atoms with Gasteiger partial charge in [0, 0.05) is 54.4 Å². The van der Waals surface area contributed by atoms with E-state index < -0.39 is 17.7 Å². The van der Waals surface area contributed by atoms with Crippen molar-refractivity contribution in [2.24, 2.45) is 5.41 Å². The monoisotopic (exact) mass is 745 g/mol. The first-order chi connectivity index (χ1) is 26.2. The lowest BCUT2D eigenvalue weighted by atomic mass is 9.81. The molecular formula is C44H55N7O4. The molecule has 0 aliphatic carbocycles. The zero-order chi connectivity index (χ0) is 38.6. The van der Waals surface area contributed by atoms with Crippen molar-refractivity contribution in [2.75, 3.05) is 54.9 Å². The number of aromatic nitrogens is 3. The number of benzene rings is 2. The van der Waals surface area contributed by atoms with Crippen LogP contribution in [0.4, 0.5) is 17.3 Å². The Balaban J connectivity index is 1.24. The number of ether oxygens (including phenoxy) is 1. The van der Waals surface area contributed by atoms with Crippen LogP contribution in [0.1, 0.15) is 88.8 Å². The number of fused-ring (bicyclic) bond motifs is 4. The van der Waals surface area contributed by atoms with Crippen LogP contribution >= 0.6 is 0 Å². The van der Waals surface area contributed by atoms with E-state index in [9.17, 15) is 9.90 Å².